The van der Waals surface area contributed by atoms with Crippen LogP contribution in [0.2, 0.25) is 0 Å². The van der Waals surface area contributed by atoms with E-state index in [-0.39, 0.29) is 17.7 Å². The quantitative estimate of drug-likeness (QED) is 0.599. The molecule has 0 atom stereocenters. The van der Waals surface area contributed by atoms with Gasteiger partial charge >= 0.3 is 5.97 Å². The molecule has 0 aromatic carbocycles. The van der Waals surface area contributed by atoms with Gasteiger partial charge in [-0.15, -0.1) is 0 Å². The highest BCUT2D eigenvalue weighted by atomic mass is 16.4. The molecule has 1 aliphatic carbocycles. The first-order valence-corrected chi connectivity index (χ1v) is 7.61. The molecule has 1 saturated carbocycles. The molecule has 0 spiro atoms. The third-order valence-electron chi connectivity index (χ3n) is 4.32. The second-order valence-corrected chi connectivity index (χ2v) is 5.65. The van der Waals surface area contributed by atoms with Crippen LogP contribution in [0.25, 0.3) is 0 Å². The molecular formula is C15H27NO3. The van der Waals surface area contributed by atoms with Crippen LogP contribution in [0.15, 0.2) is 0 Å². The Balaban J connectivity index is 1.96. The van der Waals surface area contributed by atoms with Gasteiger partial charge in [-0.2, -0.15) is 0 Å². The molecule has 4 heteroatoms. The number of nitrogens with one attached hydrogen (secondary N) is 1. The van der Waals surface area contributed by atoms with Gasteiger partial charge in [-0.1, -0.05) is 32.6 Å². The van der Waals surface area contributed by atoms with Crippen LogP contribution >= 0.6 is 0 Å². The van der Waals surface area contributed by atoms with Crippen molar-refractivity contribution in [3.63, 3.8) is 0 Å². The number of hydrogen-bond acceptors (Lipinski definition) is 2. The Morgan fingerprint density at radius 2 is 1.74 bits per heavy atom. The van der Waals surface area contributed by atoms with Crippen molar-refractivity contribution in [2.45, 2.75) is 71.1 Å². The predicted octanol–water partition coefficient (Wildman–Crippen LogP) is 3.11. The average molecular weight is 269 g/mol. The zero-order chi connectivity index (χ0) is 14.1. The molecule has 0 aliphatic heterocycles. The number of aliphatic carboxylic acids is 1. The van der Waals surface area contributed by atoms with Gasteiger partial charge in [0.25, 0.3) is 0 Å². The van der Waals surface area contributed by atoms with E-state index in [0.717, 1.165) is 57.9 Å². The van der Waals surface area contributed by atoms with Crippen molar-refractivity contribution >= 4 is 11.9 Å². The van der Waals surface area contributed by atoms with Gasteiger partial charge in [0.15, 0.2) is 0 Å². The average Bonchev–Trinajstić information content (AvgIpc) is 2.31. The van der Waals surface area contributed by atoms with Gasteiger partial charge in [0, 0.05) is 18.4 Å². The highest BCUT2D eigenvalue weighted by Crippen LogP contribution is 2.43. The molecule has 1 amide bonds. The van der Waals surface area contributed by atoms with Gasteiger partial charge in [0.1, 0.15) is 0 Å². The van der Waals surface area contributed by atoms with Crippen molar-refractivity contribution in [3.8, 4) is 0 Å². The molecule has 0 aromatic rings. The molecule has 19 heavy (non-hydrogen) atoms. The number of carboxylic acid groups (broad SMARTS) is 1. The fourth-order valence-corrected chi connectivity index (χ4v) is 2.67. The highest BCUT2D eigenvalue weighted by Gasteiger charge is 2.41. The van der Waals surface area contributed by atoms with Gasteiger partial charge in [0.2, 0.25) is 5.91 Å². The third kappa shape index (κ3) is 5.21. The standard InChI is InChI=1S/C15H27NO3/c1-2-15(10-8-11-15)14(19)16-12-7-5-3-4-6-9-13(17)18/h2-12H2,1H3,(H,16,19)(H,17,18). The maximum atomic E-state index is 12.0. The Morgan fingerprint density at radius 3 is 2.26 bits per heavy atom. The largest absolute Gasteiger partial charge is 0.481 e. The van der Waals surface area contributed by atoms with E-state index in [4.69, 9.17) is 5.11 Å². The first-order chi connectivity index (χ1) is 9.10. The molecule has 2 N–H and O–H groups in total. The molecule has 1 aliphatic rings. The van der Waals surface area contributed by atoms with Crippen molar-refractivity contribution in [1.82, 2.24) is 5.32 Å². The summed E-state index contributed by atoms with van der Waals surface area (Å²) in [6.45, 7) is 2.86. The van der Waals surface area contributed by atoms with E-state index in [9.17, 15) is 9.59 Å². The van der Waals surface area contributed by atoms with Crippen molar-refractivity contribution < 1.29 is 14.7 Å². The lowest BCUT2D eigenvalue weighted by molar-refractivity contribution is -0.137. The topological polar surface area (TPSA) is 66.4 Å². The van der Waals surface area contributed by atoms with E-state index >= 15 is 0 Å². The van der Waals surface area contributed by atoms with Crippen molar-refractivity contribution in [2.24, 2.45) is 5.41 Å². The molecule has 0 radical (unpaired) electrons. The van der Waals surface area contributed by atoms with Crippen LogP contribution < -0.4 is 5.32 Å². The van der Waals surface area contributed by atoms with Crippen LogP contribution in [0.4, 0.5) is 0 Å². The number of carbonyl (C=O) groups excluding carboxylic acids is 1. The number of carboxylic acids is 1. The third-order valence-corrected chi connectivity index (χ3v) is 4.32. The fourth-order valence-electron chi connectivity index (χ4n) is 2.67. The monoisotopic (exact) mass is 269 g/mol. The highest BCUT2D eigenvalue weighted by molar-refractivity contribution is 5.83. The Kier molecular flexibility index (Phi) is 6.89. The van der Waals surface area contributed by atoms with Crippen LogP contribution in [0.3, 0.4) is 0 Å². The number of unbranched alkanes of at least 4 members (excludes halogenated alkanes) is 4. The van der Waals surface area contributed by atoms with E-state index in [1.165, 1.54) is 6.42 Å². The minimum atomic E-state index is -0.711. The lowest BCUT2D eigenvalue weighted by Crippen LogP contribution is -2.45. The van der Waals surface area contributed by atoms with Gasteiger partial charge in [0.05, 0.1) is 0 Å². The first kappa shape index (κ1) is 16.0. The number of carbonyl (C=O) groups is 2. The summed E-state index contributed by atoms with van der Waals surface area (Å²) >= 11 is 0. The maximum Gasteiger partial charge on any atom is 0.303 e. The predicted molar refractivity (Wildman–Crippen MR) is 74.9 cm³/mol. The first-order valence-electron chi connectivity index (χ1n) is 7.61. The Morgan fingerprint density at radius 1 is 1.11 bits per heavy atom. The second kappa shape index (κ2) is 8.18. The smallest absolute Gasteiger partial charge is 0.303 e. The van der Waals surface area contributed by atoms with E-state index in [1.54, 1.807) is 0 Å². The van der Waals surface area contributed by atoms with E-state index < -0.39 is 5.97 Å². The van der Waals surface area contributed by atoms with Crippen LogP contribution in [0.5, 0.6) is 0 Å². The molecule has 1 fully saturated rings. The van der Waals surface area contributed by atoms with Crippen molar-refractivity contribution in [3.05, 3.63) is 0 Å². The molecule has 0 unspecified atom stereocenters. The maximum absolute atomic E-state index is 12.0. The van der Waals surface area contributed by atoms with Crippen LogP contribution in [-0.2, 0) is 9.59 Å². The Hall–Kier alpha value is -1.06. The summed E-state index contributed by atoms with van der Waals surface area (Å²) in [6.07, 6.45) is 9.36. The van der Waals surface area contributed by atoms with Gasteiger partial charge in [-0.05, 0) is 32.1 Å². The summed E-state index contributed by atoms with van der Waals surface area (Å²) in [5.41, 5.74) is -0.0541. The van der Waals surface area contributed by atoms with E-state index in [2.05, 4.69) is 12.2 Å². The molecule has 4 nitrogen and oxygen atoms in total. The Labute approximate surface area is 116 Å². The summed E-state index contributed by atoms with van der Waals surface area (Å²) in [7, 11) is 0. The molecule has 110 valence electrons. The molecular weight excluding hydrogens is 242 g/mol. The summed E-state index contributed by atoms with van der Waals surface area (Å²) in [6, 6.07) is 0. The van der Waals surface area contributed by atoms with E-state index in [1.807, 2.05) is 0 Å². The second-order valence-electron chi connectivity index (χ2n) is 5.65. The molecule has 1 rings (SSSR count). The lowest BCUT2D eigenvalue weighted by atomic mass is 9.66. The summed E-state index contributed by atoms with van der Waals surface area (Å²) in [5.74, 6) is -0.468. The zero-order valence-corrected chi connectivity index (χ0v) is 12.0. The van der Waals surface area contributed by atoms with Gasteiger partial charge in [-0.3, -0.25) is 9.59 Å². The number of hydrogen-bond donors (Lipinski definition) is 2. The minimum absolute atomic E-state index is 0.0541. The van der Waals surface area contributed by atoms with Crippen molar-refractivity contribution in [2.75, 3.05) is 6.54 Å². The zero-order valence-electron chi connectivity index (χ0n) is 12.0. The normalized spacial score (nSPS) is 16.7. The minimum Gasteiger partial charge on any atom is -0.481 e. The van der Waals surface area contributed by atoms with Crippen LogP contribution in [0.1, 0.15) is 71.1 Å². The van der Waals surface area contributed by atoms with Crippen molar-refractivity contribution in [1.29, 1.82) is 0 Å². The fraction of sp³-hybridized carbons (Fsp3) is 0.867. The summed E-state index contributed by atoms with van der Waals surface area (Å²) < 4.78 is 0. The van der Waals surface area contributed by atoms with Gasteiger partial charge in [-0.25, -0.2) is 0 Å². The molecule has 0 bridgehead atoms. The summed E-state index contributed by atoms with van der Waals surface area (Å²) in [4.78, 5) is 22.3. The molecule has 0 heterocycles. The van der Waals surface area contributed by atoms with Crippen LogP contribution in [0, 0.1) is 5.41 Å². The molecule has 0 aromatic heterocycles. The lowest BCUT2D eigenvalue weighted by Gasteiger charge is -2.39. The molecule has 0 saturated heterocycles. The summed E-state index contributed by atoms with van der Waals surface area (Å²) in [5, 5.41) is 11.5. The Bertz CT molecular complexity index is 292. The SMILES string of the molecule is CCC1(C(=O)NCCCCCCCC(=O)O)CCC1. The van der Waals surface area contributed by atoms with Crippen LogP contribution in [-0.4, -0.2) is 23.5 Å². The van der Waals surface area contributed by atoms with Gasteiger partial charge < -0.3 is 10.4 Å². The number of amides is 1. The van der Waals surface area contributed by atoms with E-state index in [0.29, 0.717) is 0 Å². The number of rotatable bonds is 10.